The van der Waals surface area contributed by atoms with Crippen molar-refractivity contribution < 1.29 is 9.66 Å². The number of ether oxygens (including phenoxy) is 1. The Morgan fingerprint density at radius 2 is 1.62 bits per heavy atom. The summed E-state index contributed by atoms with van der Waals surface area (Å²) in [5, 5.41) is 12.0. The first-order valence-electron chi connectivity index (χ1n) is 5.58. The number of nitro benzene ring substituents is 1. The third-order valence-corrected chi connectivity index (χ3v) is 3.98. The Morgan fingerprint density at radius 3 is 2.29 bits per heavy atom. The van der Waals surface area contributed by atoms with Crippen molar-refractivity contribution in [1.29, 1.82) is 0 Å². The molecule has 0 saturated carbocycles. The fraction of sp³-hybridized carbons (Fsp3) is 0.0769. The van der Waals surface area contributed by atoms with Gasteiger partial charge in [0.25, 0.3) is 5.69 Å². The Bertz CT molecular complexity index is 706. The Morgan fingerprint density at radius 1 is 0.952 bits per heavy atom. The highest BCUT2D eigenvalue weighted by molar-refractivity contribution is 6.43. The van der Waals surface area contributed by atoms with Crippen molar-refractivity contribution in [2.75, 3.05) is 0 Å². The topological polar surface area (TPSA) is 52.4 Å². The molecule has 110 valence electrons. The molecule has 2 rings (SSSR count). The maximum Gasteiger partial charge on any atom is 0.269 e. The number of benzene rings is 2. The lowest BCUT2D eigenvalue weighted by molar-refractivity contribution is -0.384. The molecule has 0 heterocycles. The average Bonchev–Trinajstić information content (AvgIpc) is 2.42. The van der Waals surface area contributed by atoms with Crippen LogP contribution in [0.4, 0.5) is 5.69 Å². The van der Waals surface area contributed by atoms with Gasteiger partial charge in [-0.05, 0) is 12.1 Å². The highest BCUT2D eigenvalue weighted by Crippen LogP contribution is 2.34. The van der Waals surface area contributed by atoms with Gasteiger partial charge in [0, 0.05) is 28.8 Å². The van der Waals surface area contributed by atoms with E-state index >= 15 is 0 Å². The van der Waals surface area contributed by atoms with Crippen LogP contribution in [0, 0.1) is 10.1 Å². The highest BCUT2D eigenvalue weighted by Gasteiger charge is 2.12. The predicted octanol–water partition coefficient (Wildman–Crippen LogP) is 5.79. The third kappa shape index (κ3) is 3.92. The van der Waals surface area contributed by atoms with Crippen LogP contribution < -0.4 is 4.74 Å². The van der Waals surface area contributed by atoms with E-state index < -0.39 is 4.92 Å². The van der Waals surface area contributed by atoms with Gasteiger partial charge in [0.15, 0.2) is 0 Å². The van der Waals surface area contributed by atoms with Crippen molar-refractivity contribution in [3.8, 4) is 5.75 Å². The van der Waals surface area contributed by atoms with Crippen LogP contribution in [0.2, 0.25) is 20.1 Å². The summed E-state index contributed by atoms with van der Waals surface area (Å²) < 4.78 is 5.49. The predicted molar refractivity (Wildman–Crippen MR) is 83.9 cm³/mol. The van der Waals surface area contributed by atoms with Crippen LogP contribution in [-0.4, -0.2) is 4.92 Å². The van der Waals surface area contributed by atoms with Crippen LogP contribution >= 0.6 is 46.4 Å². The summed E-state index contributed by atoms with van der Waals surface area (Å²) in [6.07, 6.45) is 0. The Labute approximate surface area is 140 Å². The largest absolute Gasteiger partial charge is 0.487 e. The molecule has 0 bridgehead atoms. The summed E-state index contributed by atoms with van der Waals surface area (Å²) in [6, 6.07) is 7.02. The molecule has 0 amide bonds. The number of nitrogens with zero attached hydrogens (tertiary/aromatic N) is 1. The molecule has 2 aromatic carbocycles. The number of hydrogen-bond acceptors (Lipinski definition) is 3. The molecule has 0 aliphatic rings. The SMILES string of the molecule is O=[N+]([O-])c1ccc(Cl)c(COc2cc(Cl)c(Cl)cc2Cl)c1. The van der Waals surface area contributed by atoms with E-state index in [1.807, 2.05) is 0 Å². The molecule has 0 aliphatic carbocycles. The van der Waals surface area contributed by atoms with Gasteiger partial charge in [-0.1, -0.05) is 46.4 Å². The first-order valence-corrected chi connectivity index (χ1v) is 7.10. The number of hydrogen-bond donors (Lipinski definition) is 0. The molecule has 0 spiro atoms. The molecule has 8 heteroatoms. The maximum atomic E-state index is 10.7. The van der Waals surface area contributed by atoms with E-state index in [0.29, 0.717) is 26.4 Å². The van der Waals surface area contributed by atoms with Gasteiger partial charge in [-0.15, -0.1) is 0 Å². The van der Waals surface area contributed by atoms with Crippen LogP contribution in [0.15, 0.2) is 30.3 Å². The molecule has 0 aliphatic heterocycles. The van der Waals surface area contributed by atoms with E-state index in [2.05, 4.69) is 0 Å². The molecule has 0 atom stereocenters. The molecule has 0 unspecified atom stereocenters. The van der Waals surface area contributed by atoms with E-state index in [4.69, 9.17) is 51.1 Å². The second-order valence-corrected chi connectivity index (χ2v) is 5.65. The highest BCUT2D eigenvalue weighted by atomic mass is 35.5. The lowest BCUT2D eigenvalue weighted by Gasteiger charge is -2.10. The Kier molecular flexibility index (Phi) is 5.17. The van der Waals surface area contributed by atoms with E-state index in [1.165, 1.54) is 30.3 Å². The molecule has 4 nitrogen and oxygen atoms in total. The average molecular weight is 367 g/mol. The summed E-state index contributed by atoms with van der Waals surface area (Å²) in [5.74, 6) is 0.314. The fourth-order valence-corrected chi connectivity index (χ4v) is 2.32. The molecule has 21 heavy (non-hydrogen) atoms. The van der Waals surface area contributed by atoms with Gasteiger partial charge >= 0.3 is 0 Å². The van der Waals surface area contributed by atoms with Gasteiger partial charge in [0.05, 0.1) is 20.0 Å². The molecule has 0 saturated heterocycles. The summed E-state index contributed by atoms with van der Waals surface area (Å²) in [7, 11) is 0. The van der Waals surface area contributed by atoms with E-state index in [-0.39, 0.29) is 17.3 Å². The van der Waals surface area contributed by atoms with Gasteiger partial charge in [0.2, 0.25) is 0 Å². The summed E-state index contributed by atoms with van der Waals surface area (Å²) in [4.78, 5) is 10.2. The van der Waals surface area contributed by atoms with Gasteiger partial charge in [-0.3, -0.25) is 10.1 Å². The minimum Gasteiger partial charge on any atom is -0.487 e. The molecular formula is C13H7Cl4NO3. The number of rotatable bonds is 4. The summed E-state index contributed by atoms with van der Waals surface area (Å²) in [5.41, 5.74) is 0.395. The van der Waals surface area contributed by atoms with E-state index in [1.54, 1.807) is 0 Å². The Balaban J connectivity index is 2.22. The third-order valence-electron chi connectivity index (χ3n) is 2.60. The second kappa shape index (κ2) is 6.71. The zero-order chi connectivity index (χ0) is 15.6. The van der Waals surface area contributed by atoms with Crippen LogP contribution in [0.3, 0.4) is 0 Å². The van der Waals surface area contributed by atoms with Gasteiger partial charge in [-0.25, -0.2) is 0 Å². The standard InChI is InChI=1S/C13H7Cl4NO3/c14-9-2-1-8(18(19)20)3-7(9)6-21-13-5-11(16)10(15)4-12(13)17/h1-5H,6H2. The van der Waals surface area contributed by atoms with Crippen molar-refractivity contribution in [3.63, 3.8) is 0 Å². The van der Waals surface area contributed by atoms with Gasteiger partial charge in [-0.2, -0.15) is 0 Å². The van der Waals surface area contributed by atoms with Crippen LogP contribution in [0.5, 0.6) is 5.75 Å². The number of halogens is 4. The number of nitro groups is 1. The minimum atomic E-state index is -0.508. The van der Waals surface area contributed by atoms with Crippen molar-refractivity contribution in [3.05, 3.63) is 66.1 Å². The maximum absolute atomic E-state index is 10.7. The van der Waals surface area contributed by atoms with Crippen LogP contribution in [0.25, 0.3) is 0 Å². The molecule has 0 radical (unpaired) electrons. The number of non-ortho nitro benzene ring substituents is 1. The molecule has 0 aromatic heterocycles. The molecule has 0 fully saturated rings. The molecule has 2 aromatic rings. The van der Waals surface area contributed by atoms with Crippen molar-refractivity contribution in [2.45, 2.75) is 6.61 Å². The molecular weight excluding hydrogens is 360 g/mol. The molecule has 0 N–H and O–H groups in total. The Hall–Kier alpha value is -1.20. The normalized spacial score (nSPS) is 10.5. The zero-order valence-electron chi connectivity index (χ0n) is 10.3. The smallest absolute Gasteiger partial charge is 0.269 e. The van der Waals surface area contributed by atoms with E-state index in [9.17, 15) is 10.1 Å². The lowest BCUT2D eigenvalue weighted by Crippen LogP contribution is -1.98. The lowest BCUT2D eigenvalue weighted by atomic mass is 10.2. The summed E-state index contributed by atoms with van der Waals surface area (Å²) in [6.45, 7) is 0.0121. The van der Waals surface area contributed by atoms with E-state index in [0.717, 1.165) is 0 Å². The van der Waals surface area contributed by atoms with Gasteiger partial charge < -0.3 is 4.74 Å². The van der Waals surface area contributed by atoms with Crippen molar-refractivity contribution in [1.82, 2.24) is 0 Å². The van der Waals surface area contributed by atoms with Crippen LogP contribution in [-0.2, 0) is 6.61 Å². The first-order chi connectivity index (χ1) is 9.88. The first kappa shape index (κ1) is 16.2. The zero-order valence-corrected chi connectivity index (χ0v) is 13.3. The monoisotopic (exact) mass is 365 g/mol. The second-order valence-electron chi connectivity index (χ2n) is 4.02. The van der Waals surface area contributed by atoms with Crippen molar-refractivity contribution in [2.24, 2.45) is 0 Å². The minimum absolute atomic E-state index is 0.0121. The van der Waals surface area contributed by atoms with Crippen molar-refractivity contribution >= 4 is 52.1 Å². The fourth-order valence-electron chi connectivity index (χ4n) is 1.56. The van der Waals surface area contributed by atoms with Crippen LogP contribution in [0.1, 0.15) is 5.56 Å². The summed E-state index contributed by atoms with van der Waals surface area (Å²) >= 11 is 23.7. The van der Waals surface area contributed by atoms with Gasteiger partial charge in [0.1, 0.15) is 12.4 Å². The quantitative estimate of drug-likeness (QED) is 0.391.